The Labute approximate surface area is 215 Å². The van der Waals surface area contributed by atoms with E-state index in [9.17, 15) is 9.59 Å². The number of benzene rings is 3. The van der Waals surface area contributed by atoms with Gasteiger partial charge < -0.3 is 25.1 Å². The molecule has 3 N–H and O–H groups in total. The third-order valence-electron chi connectivity index (χ3n) is 5.54. The Hall–Kier alpha value is -4.34. The molecule has 1 aromatic heterocycles. The van der Waals surface area contributed by atoms with Crippen molar-refractivity contribution in [2.75, 3.05) is 51.4 Å². The first kappa shape index (κ1) is 25.7. The molecule has 0 aliphatic carbocycles. The molecule has 1 heterocycles. The van der Waals surface area contributed by atoms with Crippen LogP contribution in [0, 0.1) is 0 Å². The second-order valence-corrected chi connectivity index (χ2v) is 8.61. The van der Waals surface area contributed by atoms with Crippen molar-refractivity contribution in [1.82, 2.24) is 9.96 Å². The molecular weight excluding hydrogens is 472 g/mol. The van der Waals surface area contributed by atoms with E-state index in [-0.39, 0.29) is 30.7 Å². The standard InChI is InChI=1S/C28H30N4O5/c1-31(2)15-18-36-32(28(34)26-19-21-7-3-6-10-25(21)37-26)16-17-35-22-13-11-20(12-14-22)27(33)30-24-9-5-4-8-23(24)29/h3-14,19H,15-18,29H2,1-2H3,(H,30,33). The molecule has 0 bridgehead atoms. The summed E-state index contributed by atoms with van der Waals surface area (Å²) in [5.41, 5.74) is 8.03. The van der Waals surface area contributed by atoms with E-state index < -0.39 is 0 Å². The van der Waals surface area contributed by atoms with Gasteiger partial charge in [0.05, 0.1) is 24.5 Å². The van der Waals surface area contributed by atoms with Gasteiger partial charge in [-0.1, -0.05) is 30.3 Å². The number of carbonyl (C=O) groups excluding carboxylic acids is 2. The number of anilines is 2. The van der Waals surface area contributed by atoms with Gasteiger partial charge in [-0.15, -0.1) is 0 Å². The highest BCUT2D eigenvalue weighted by molar-refractivity contribution is 6.05. The lowest BCUT2D eigenvalue weighted by Crippen LogP contribution is -2.36. The second-order valence-electron chi connectivity index (χ2n) is 8.61. The SMILES string of the molecule is CN(C)CCON(CCOc1ccc(C(=O)Nc2ccccc2N)cc1)C(=O)c1cc2ccccc2o1. The fourth-order valence-corrected chi connectivity index (χ4v) is 3.52. The number of ether oxygens (including phenoxy) is 1. The highest BCUT2D eigenvalue weighted by atomic mass is 16.7. The molecule has 0 saturated carbocycles. The van der Waals surface area contributed by atoms with Crippen LogP contribution in [0.25, 0.3) is 11.0 Å². The summed E-state index contributed by atoms with van der Waals surface area (Å²) in [6.07, 6.45) is 0. The minimum absolute atomic E-state index is 0.179. The molecule has 0 aliphatic rings. The lowest BCUT2D eigenvalue weighted by Gasteiger charge is -2.22. The zero-order chi connectivity index (χ0) is 26.2. The maximum Gasteiger partial charge on any atom is 0.313 e. The van der Waals surface area contributed by atoms with Crippen LogP contribution in [0.3, 0.4) is 0 Å². The van der Waals surface area contributed by atoms with Gasteiger partial charge >= 0.3 is 5.91 Å². The van der Waals surface area contributed by atoms with Gasteiger partial charge in [0.15, 0.2) is 5.76 Å². The van der Waals surface area contributed by atoms with Crippen molar-refractivity contribution in [3.8, 4) is 5.75 Å². The molecule has 0 saturated heterocycles. The summed E-state index contributed by atoms with van der Waals surface area (Å²) >= 11 is 0. The molecule has 9 heteroatoms. The third-order valence-corrected chi connectivity index (χ3v) is 5.54. The summed E-state index contributed by atoms with van der Waals surface area (Å²) in [4.78, 5) is 33.4. The molecule has 192 valence electrons. The van der Waals surface area contributed by atoms with Crippen molar-refractivity contribution < 1.29 is 23.6 Å². The number of para-hydroxylation sites is 3. The Balaban J connectivity index is 1.35. The number of carbonyl (C=O) groups is 2. The summed E-state index contributed by atoms with van der Waals surface area (Å²) in [5.74, 6) is 0.0905. The van der Waals surface area contributed by atoms with E-state index >= 15 is 0 Å². The van der Waals surface area contributed by atoms with Crippen LogP contribution in [-0.2, 0) is 4.84 Å². The van der Waals surface area contributed by atoms with Crippen molar-refractivity contribution in [3.05, 3.63) is 90.2 Å². The molecule has 4 rings (SSSR count). The molecule has 37 heavy (non-hydrogen) atoms. The topological polar surface area (TPSA) is 110 Å². The van der Waals surface area contributed by atoms with E-state index in [2.05, 4.69) is 5.32 Å². The molecular formula is C28H30N4O5. The van der Waals surface area contributed by atoms with Crippen LogP contribution in [0.4, 0.5) is 11.4 Å². The molecule has 9 nitrogen and oxygen atoms in total. The predicted molar refractivity (Wildman–Crippen MR) is 143 cm³/mol. The van der Waals surface area contributed by atoms with Crippen LogP contribution in [-0.4, -0.2) is 62.2 Å². The summed E-state index contributed by atoms with van der Waals surface area (Å²) in [6.45, 7) is 1.33. The Bertz CT molecular complexity index is 1320. The quantitative estimate of drug-likeness (QED) is 0.233. The first-order chi connectivity index (χ1) is 17.9. The van der Waals surface area contributed by atoms with Crippen LogP contribution >= 0.6 is 0 Å². The van der Waals surface area contributed by atoms with Crippen LogP contribution < -0.4 is 15.8 Å². The lowest BCUT2D eigenvalue weighted by atomic mass is 10.2. The van der Waals surface area contributed by atoms with Gasteiger partial charge in [0, 0.05) is 17.5 Å². The smallest absolute Gasteiger partial charge is 0.313 e. The van der Waals surface area contributed by atoms with E-state index in [1.807, 2.05) is 43.3 Å². The number of hydroxylamine groups is 2. The average molecular weight is 503 g/mol. The van der Waals surface area contributed by atoms with Crippen molar-refractivity contribution in [2.24, 2.45) is 0 Å². The molecule has 0 atom stereocenters. The number of likely N-dealkylation sites (N-methyl/N-ethyl adjacent to an activating group) is 1. The number of amides is 2. The third kappa shape index (κ3) is 6.87. The van der Waals surface area contributed by atoms with Gasteiger partial charge in [-0.2, -0.15) is 0 Å². The average Bonchev–Trinajstić information content (AvgIpc) is 3.33. The fourth-order valence-electron chi connectivity index (χ4n) is 3.52. The Kier molecular flexibility index (Phi) is 8.40. The van der Waals surface area contributed by atoms with Crippen LogP contribution in [0.2, 0.25) is 0 Å². The fraction of sp³-hybridized carbons (Fsp3) is 0.214. The van der Waals surface area contributed by atoms with Crippen LogP contribution in [0.15, 0.2) is 83.3 Å². The summed E-state index contributed by atoms with van der Waals surface area (Å²) in [7, 11) is 3.85. The number of rotatable bonds is 11. The highest BCUT2D eigenvalue weighted by Gasteiger charge is 2.21. The van der Waals surface area contributed by atoms with Crippen LogP contribution in [0.1, 0.15) is 20.9 Å². The van der Waals surface area contributed by atoms with Crippen LogP contribution in [0.5, 0.6) is 5.75 Å². The first-order valence-corrected chi connectivity index (χ1v) is 11.9. The zero-order valence-electron chi connectivity index (χ0n) is 20.8. The number of nitrogens with zero attached hydrogens (tertiary/aromatic N) is 2. The number of hydrogen-bond acceptors (Lipinski definition) is 7. The van der Waals surface area contributed by atoms with Gasteiger partial charge in [-0.05, 0) is 62.6 Å². The molecule has 0 spiro atoms. The van der Waals surface area contributed by atoms with E-state index in [0.717, 1.165) is 5.39 Å². The van der Waals surface area contributed by atoms with Gasteiger partial charge in [0.1, 0.15) is 17.9 Å². The highest BCUT2D eigenvalue weighted by Crippen LogP contribution is 2.21. The molecule has 0 fully saturated rings. The zero-order valence-corrected chi connectivity index (χ0v) is 20.8. The number of fused-ring (bicyclic) bond motifs is 1. The van der Waals surface area contributed by atoms with E-state index in [1.165, 1.54) is 5.06 Å². The van der Waals surface area contributed by atoms with E-state index in [0.29, 0.717) is 41.4 Å². The summed E-state index contributed by atoms with van der Waals surface area (Å²) in [5, 5.41) is 4.89. The van der Waals surface area contributed by atoms with Gasteiger partial charge in [-0.3, -0.25) is 14.4 Å². The minimum Gasteiger partial charge on any atom is -0.492 e. The predicted octanol–water partition coefficient (Wildman–Crippen LogP) is 4.28. The van der Waals surface area contributed by atoms with E-state index in [4.69, 9.17) is 19.7 Å². The Morgan fingerprint density at radius 1 is 0.919 bits per heavy atom. The van der Waals surface area contributed by atoms with Crippen molar-refractivity contribution in [3.63, 3.8) is 0 Å². The summed E-state index contributed by atoms with van der Waals surface area (Å²) < 4.78 is 11.5. The molecule has 0 unspecified atom stereocenters. The number of nitrogens with one attached hydrogen (secondary N) is 1. The van der Waals surface area contributed by atoms with Gasteiger partial charge in [0.25, 0.3) is 5.91 Å². The lowest BCUT2D eigenvalue weighted by molar-refractivity contribution is -0.130. The molecule has 3 aromatic carbocycles. The molecule has 2 amide bonds. The Morgan fingerprint density at radius 3 is 2.38 bits per heavy atom. The normalized spacial score (nSPS) is 11.0. The van der Waals surface area contributed by atoms with Crippen molar-refractivity contribution in [1.29, 1.82) is 0 Å². The van der Waals surface area contributed by atoms with Gasteiger partial charge in [-0.25, -0.2) is 5.06 Å². The maximum atomic E-state index is 13.1. The number of nitrogens with two attached hydrogens (primary N) is 1. The molecule has 0 aliphatic heterocycles. The maximum absolute atomic E-state index is 13.1. The minimum atomic E-state index is -0.384. The monoisotopic (exact) mass is 502 g/mol. The number of furan rings is 1. The Morgan fingerprint density at radius 2 is 1.65 bits per heavy atom. The van der Waals surface area contributed by atoms with Gasteiger partial charge in [0.2, 0.25) is 0 Å². The number of hydrogen-bond donors (Lipinski definition) is 2. The second kappa shape index (κ2) is 12.1. The first-order valence-electron chi connectivity index (χ1n) is 11.9. The number of nitrogen functional groups attached to an aromatic ring is 1. The largest absolute Gasteiger partial charge is 0.492 e. The molecule has 4 aromatic rings. The van der Waals surface area contributed by atoms with Crippen molar-refractivity contribution >= 4 is 34.2 Å². The molecule has 0 radical (unpaired) electrons. The summed E-state index contributed by atoms with van der Waals surface area (Å²) in [6, 6.07) is 22.9. The van der Waals surface area contributed by atoms with Crippen molar-refractivity contribution in [2.45, 2.75) is 0 Å². The van der Waals surface area contributed by atoms with E-state index in [1.54, 1.807) is 54.6 Å².